The highest BCUT2D eigenvalue weighted by molar-refractivity contribution is 6.25. The number of carbonyl (C=O) groups is 1. The second-order valence-corrected chi connectivity index (χ2v) is 4.75. The number of hydrogen-bond acceptors (Lipinski definition) is 2. The average molecular weight is 246 g/mol. The molecule has 92 valence electrons. The van der Waals surface area contributed by atoms with Gasteiger partial charge in [0.15, 0.2) is 0 Å². The number of carboxylic acids is 1. The van der Waals surface area contributed by atoms with Crippen LogP contribution in [0.3, 0.4) is 0 Å². The zero-order valence-corrected chi connectivity index (χ0v) is 10.5. The van der Waals surface area contributed by atoms with Crippen molar-refractivity contribution in [1.82, 2.24) is 4.90 Å². The molecule has 0 amide bonds. The van der Waals surface area contributed by atoms with Crippen LogP contribution in [0.1, 0.15) is 32.6 Å². The van der Waals surface area contributed by atoms with Crippen molar-refractivity contribution in [3.05, 3.63) is 11.6 Å². The van der Waals surface area contributed by atoms with E-state index in [2.05, 4.69) is 4.90 Å². The van der Waals surface area contributed by atoms with Gasteiger partial charge in [0.05, 0.1) is 5.41 Å². The van der Waals surface area contributed by atoms with E-state index in [1.807, 2.05) is 13.0 Å². The highest BCUT2D eigenvalue weighted by atomic mass is 35.5. The van der Waals surface area contributed by atoms with Crippen LogP contribution in [0.15, 0.2) is 11.6 Å². The largest absolute Gasteiger partial charge is 0.481 e. The van der Waals surface area contributed by atoms with E-state index in [-0.39, 0.29) is 0 Å². The van der Waals surface area contributed by atoms with Gasteiger partial charge in [-0.05, 0) is 32.4 Å². The predicted molar refractivity (Wildman–Crippen MR) is 65.6 cm³/mol. The summed E-state index contributed by atoms with van der Waals surface area (Å²) in [5.74, 6) is -0.623. The number of rotatable bonds is 5. The van der Waals surface area contributed by atoms with Crippen molar-refractivity contribution in [2.75, 3.05) is 19.6 Å². The second kappa shape index (κ2) is 6.26. The van der Waals surface area contributed by atoms with E-state index in [0.717, 1.165) is 45.3 Å². The fourth-order valence-electron chi connectivity index (χ4n) is 2.40. The van der Waals surface area contributed by atoms with Gasteiger partial charge in [0, 0.05) is 12.1 Å². The van der Waals surface area contributed by atoms with Crippen LogP contribution in [0, 0.1) is 5.41 Å². The van der Waals surface area contributed by atoms with Gasteiger partial charge in [-0.25, -0.2) is 0 Å². The van der Waals surface area contributed by atoms with Gasteiger partial charge in [-0.2, -0.15) is 0 Å². The van der Waals surface area contributed by atoms with Crippen molar-refractivity contribution in [2.24, 2.45) is 5.41 Å². The summed E-state index contributed by atoms with van der Waals surface area (Å²) in [5, 5.41) is 9.33. The third-order valence-corrected chi connectivity index (χ3v) is 3.63. The Balaban J connectivity index is 2.52. The first-order valence-corrected chi connectivity index (χ1v) is 6.29. The number of piperidine rings is 1. The molecule has 0 aliphatic carbocycles. The van der Waals surface area contributed by atoms with Gasteiger partial charge in [-0.1, -0.05) is 31.0 Å². The molecule has 0 atom stereocenters. The van der Waals surface area contributed by atoms with Gasteiger partial charge in [0.2, 0.25) is 0 Å². The van der Waals surface area contributed by atoms with Crippen LogP contribution in [0.5, 0.6) is 0 Å². The maximum Gasteiger partial charge on any atom is 0.309 e. The first-order chi connectivity index (χ1) is 7.64. The smallest absolute Gasteiger partial charge is 0.309 e. The average Bonchev–Trinajstić information content (AvgIpc) is 2.28. The summed E-state index contributed by atoms with van der Waals surface area (Å²) < 4.78 is 0. The summed E-state index contributed by atoms with van der Waals surface area (Å²) in [6, 6.07) is 0. The molecule has 0 saturated carbocycles. The Kier molecular flexibility index (Phi) is 5.29. The fourth-order valence-corrected chi connectivity index (χ4v) is 2.48. The molecule has 3 nitrogen and oxygen atoms in total. The molecule has 1 fully saturated rings. The maximum atomic E-state index is 11.3. The summed E-state index contributed by atoms with van der Waals surface area (Å²) in [7, 11) is 0. The number of carboxylic acid groups (broad SMARTS) is 1. The Morgan fingerprint density at radius 2 is 2.12 bits per heavy atom. The zero-order valence-electron chi connectivity index (χ0n) is 9.79. The lowest BCUT2D eigenvalue weighted by Gasteiger charge is -2.38. The van der Waals surface area contributed by atoms with Gasteiger partial charge in [-0.15, -0.1) is 0 Å². The molecule has 0 unspecified atom stereocenters. The number of likely N-dealkylation sites (tertiary alicyclic amines) is 1. The van der Waals surface area contributed by atoms with Crippen LogP contribution in [-0.4, -0.2) is 35.6 Å². The normalized spacial score (nSPS) is 21.4. The Morgan fingerprint density at radius 1 is 1.50 bits per heavy atom. The lowest BCUT2D eigenvalue weighted by molar-refractivity contribution is -0.152. The minimum Gasteiger partial charge on any atom is -0.481 e. The molecule has 1 aliphatic heterocycles. The quantitative estimate of drug-likeness (QED) is 0.810. The van der Waals surface area contributed by atoms with Crippen molar-refractivity contribution in [3.63, 3.8) is 0 Å². The molecular formula is C12H20ClNO2. The van der Waals surface area contributed by atoms with E-state index in [0.29, 0.717) is 0 Å². The standard InChI is InChI=1S/C12H20ClNO2/c1-2-4-12(11(15)16)5-9-14(10-6-12)8-3-7-13/h3,7H,2,4-6,8-10H2,1H3,(H,15,16). The molecule has 4 heteroatoms. The lowest BCUT2D eigenvalue weighted by atomic mass is 9.75. The molecule has 1 heterocycles. The van der Waals surface area contributed by atoms with Gasteiger partial charge in [0.25, 0.3) is 0 Å². The van der Waals surface area contributed by atoms with E-state index in [1.54, 1.807) is 0 Å². The molecule has 0 spiro atoms. The molecule has 0 radical (unpaired) electrons. The summed E-state index contributed by atoms with van der Waals surface area (Å²) in [5.41, 5.74) is 1.04. The number of halogens is 1. The minimum absolute atomic E-state index is 0.476. The van der Waals surface area contributed by atoms with E-state index in [9.17, 15) is 9.90 Å². The lowest BCUT2D eigenvalue weighted by Crippen LogP contribution is -2.44. The van der Waals surface area contributed by atoms with Gasteiger partial charge in [0.1, 0.15) is 0 Å². The number of aliphatic carboxylic acids is 1. The molecule has 1 aliphatic rings. The van der Waals surface area contributed by atoms with Crippen LogP contribution >= 0.6 is 11.6 Å². The third kappa shape index (κ3) is 3.22. The van der Waals surface area contributed by atoms with Gasteiger partial charge >= 0.3 is 5.97 Å². The fraction of sp³-hybridized carbons (Fsp3) is 0.750. The summed E-state index contributed by atoms with van der Waals surface area (Å²) in [4.78, 5) is 13.6. The SMILES string of the molecule is CCCC1(C(=O)O)CCN(CC=CCl)CC1. The molecule has 16 heavy (non-hydrogen) atoms. The van der Waals surface area contributed by atoms with Crippen LogP contribution in [0.4, 0.5) is 0 Å². The van der Waals surface area contributed by atoms with E-state index >= 15 is 0 Å². The van der Waals surface area contributed by atoms with Crippen LogP contribution in [-0.2, 0) is 4.79 Å². The molecule has 0 aromatic rings. The van der Waals surface area contributed by atoms with Crippen LogP contribution < -0.4 is 0 Å². The van der Waals surface area contributed by atoms with Crippen molar-refractivity contribution in [2.45, 2.75) is 32.6 Å². The molecular weight excluding hydrogens is 226 g/mol. The third-order valence-electron chi connectivity index (χ3n) is 3.45. The molecule has 1 rings (SSSR count). The Morgan fingerprint density at radius 3 is 2.56 bits per heavy atom. The first kappa shape index (κ1) is 13.5. The molecule has 0 aromatic carbocycles. The van der Waals surface area contributed by atoms with Crippen molar-refractivity contribution in [1.29, 1.82) is 0 Å². The zero-order chi connectivity index (χ0) is 12.0. The number of nitrogens with zero attached hydrogens (tertiary/aromatic N) is 1. The second-order valence-electron chi connectivity index (χ2n) is 4.50. The van der Waals surface area contributed by atoms with E-state index in [1.165, 1.54) is 5.54 Å². The van der Waals surface area contributed by atoms with Crippen molar-refractivity contribution >= 4 is 17.6 Å². The van der Waals surface area contributed by atoms with E-state index in [4.69, 9.17) is 11.6 Å². The first-order valence-electron chi connectivity index (χ1n) is 5.85. The van der Waals surface area contributed by atoms with Crippen molar-refractivity contribution in [3.8, 4) is 0 Å². The Labute approximate surface area is 102 Å². The highest BCUT2D eigenvalue weighted by Gasteiger charge is 2.40. The molecule has 1 N–H and O–H groups in total. The molecule has 0 aromatic heterocycles. The minimum atomic E-state index is -0.623. The van der Waals surface area contributed by atoms with Gasteiger partial charge in [-0.3, -0.25) is 9.69 Å². The Hall–Kier alpha value is -0.540. The number of hydrogen-bond donors (Lipinski definition) is 1. The predicted octanol–water partition coefficient (Wildman–Crippen LogP) is 2.71. The summed E-state index contributed by atoms with van der Waals surface area (Å²) >= 11 is 5.48. The Bertz CT molecular complexity index is 258. The highest BCUT2D eigenvalue weighted by Crippen LogP contribution is 2.36. The molecule has 1 saturated heterocycles. The van der Waals surface area contributed by atoms with Crippen LogP contribution in [0.25, 0.3) is 0 Å². The van der Waals surface area contributed by atoms with Crippen molar-refractivity contribution < 1.29 is 9.90 Å². The topological polar surface area (TPSA) is 40.5 Å². The van der Waals surface area contributed by atoms with Crippen LogP contribution in [0.2, 0.25) is 0 Å². The summed E-state index contributed by atoms with van der Waals surface area (Å²) in [6.07, 6.45) is 5.14. The van der Waals surface area contributed by atoms with E-state index < -0.39 is 11.4 Å². The molecule has 0 bridgehead atoms. The monoisotopic (exact) mass is 245 g/mol. The van der Waals surface area contributed by atoms with Gasteiger partial charge < -0.3 is 5.11 Å². The summed E-state index contributed by atoms with van der Waals surface area (Å²) in [6.45, 7) is 4.58. The maximum absolute atomic E-state index is 11.3.